The molecule has 2 rings (SSSR count). The molecule has 0 unspecified atom stereocenters. The highest BCUT2D eigenvalue weighted by atomic mass is 127. The van der Waals surface area contributed by atoms with Gasteiger partial charge in [0.2, 0.25) is 5.91 Å². The number of terminal acetylenes is 1. The van der Waals surface area contributed by atoms with Gasteiger partial charge in [-0.1, -0.05) is 24.8 Å². The fourth-order valence-corrected chi connectivity index (χ4v) is 3.81. The summed E-state index contributed by atoms with van der Waals surface area (Å²) in [4.78, 5) is 19.2. The minimum Gasteiger partial charge on any atom is -0.493 e. The quantitative estimate of drug-likeness (QED) is 0.217. The highest BCUT2D eigenvalue weighted by Crippen LogP contribution is 2.38. The number of nitrogens with one attached hydrogen (secondary N) is 2. The molecule has 0 bridgehead atoms. The molecule has 1 amide bonds. The third kappa shape index (κ3) is 7.49. The van der Waals surface area contributed by atoms with Gasteiger partial charge in [-0.15, -0.1) is 30.4 Å². The van der Waals surface area contributed by atoms with E-state index in [2.05, 4.69) is 21.5 Å². The first-order chi connectivity index (χ1) is 14.5. The van der Waals surface area contributed by atoms with Crippen LogP contribution in [-0.4, -0.2) is 57.7 Å². The van der Waals surface area contributed by atoms with Crippen LogP contribution in [0.15, 0.2) is 23.2 Å². The van der Waals surface area contributed by atoms with Gasteiger partial charge in [-0.3, -0.25) is 4.79 Å². The molecule has 172 valence electrons. The maximum Gasteiger partial charge on any atom is 0.230 e. The Morgan fingerprint density at radius 1 is 1.26 bits per heavy atom. The van der Waals surface area contributed by atoms with Crippen molar-refractivity contribution in [2.24, 2.45) is 10.4 Å². The second-order valence-corrected chi connectivity index (χ2v) is 7.71. The van der Waals surface area contributed by atoms with Gasteiger partial charge in [0.1, 0.15) is 6.61 Å². The normalized spacial score (nSPS) is 14.7. The Balaban J connectivity index is 0.00000480. The van der Waals surface area contributed by atoms with Crippen LogP contribution >= 0.6 is 24.0 Å². The monoisotopic (exact) mass is 542 g/mol. The van der Waals surface area contributed by atoms with E-state index in [1.54, 1.807) is 12.0 Å². The van der Waals surface area contributed by atoms with Crippen LogP contribution in [0.5, 0.6) is 11.5 Å². The van der Waals surface area contributed by atoms with E-state index in [1.165, 1.54) is 0 Å². The minimum atomic E-state index is -0.351. The highest BCUT2D eigenvalue weighted by Gasteiger charge is 2.42. The predicted molar refractivity (Wildman–Crippen MR) is 135 cm³/mol. The summed E-state index contributed by atoms with van der Waals surface area (Å²) in [5.41, 5.74) is 0.621. The number of carbonyl (C=O) groups is 1. The molecule has 0 radical (unpaired) electrons. The van der Waals surface area contributed by atoms with Crippen molar-refractivity contribution in [3.8, 4) is 23.8 Å². The van der Waals surface area contributed by atoms with Crippen molar-refractivity contribution in [3.05, 3.63) is 23.8 Å². The molecular formula is C23H35IN4O3. The number of carbonyl (C=O) groups excluding carboxylic acids is 1. The van der Waals surface area contributed by atoms with E-state index in [9.17, 15) is 4.79 Å². The Morgan fingerprint density at radius 3 is 2.55 bits per heavy atom. The summed E-state index contributed by atoms with van der Waals surface area (Å²) in [5, 5.41) is 6.66. The smallest absolute Gasteiger partial charge is 0.230 e. The summed E-state index contributed by atoms with van der Waals surface area (Å²) in [5.74, 6) is 4.57. The number of nitrogens with zero attached hydrogens (tertiary/aromatic N) is 2. The Labute approximate surface area is 203 Å². The predicted octanol–water partition coefficient (Wildman–Crippen LogP) is 3.03. The van der Waals surface area contributed by atoms with Gasteiger partial charge in [-0.25, -0.2) is 4.99 Å². The van der Waals surface area contributed by atoms with Crippen molar-refractivity contribution in [2.75, 3.05) is 40.9 Å². The molecule has 1 aliphatic carbocycles. The first kappa shape index (κ1) is 26.9. The van der Waals surface area contributed by atoms with Gasteiger partial charge in [0.25, 0.3) is 0 Å². The average molecular weight is 542 g/mol. The molecule has 1 aromatic carbocycles. The summed E-state index contributed by atoms with van der Waals surface area (Å²) < 4.78 is 10.9. The molecule has 0 saturated heterocycles. The van der Waals surface area contributed by atoms with Gasteiger partial charge in [0.05, 0.1) is 19.1 Å². The van der Waals surface area contributed by atoms with E-state index < -0.39 is 0 Å². The summed E-state index contributed by atoms with van der Waals surface area (Å²) >= 11 is 0. The number of benzene rings is 1. The molecule has 1 saturated carbocycles. The second kappa shape index (κ2) is 13.3. The van der Waals surface area contributed by atoms with Crippen LogP contribution in [0.1, 0.15) is 38.2 Å². The van der Waals surface area contributed by atoms with E-state index in [4.69, 9.17) is 15.9 Å². The van der Waals surface area contributed by atoms with Crippen molar-refractivity contribution in [3.63, 3.8) is 0 Å². The summed E-state index contributed by atoms with van der Waals surface area (Å²) in [7, 11) is 5.24. The number of guanidine groups is 1. The zero-order valence-corrected chi connectivity index (χ0v) is 21.3. The van der Waals surface area contributed by atoms with Gasteiger partial charge in [0.15, 0.2) is 17.5 Å². The Bertz CT molecular complexity index is 784. The zero-order valence-electron chi connectivity index (χ0n) is 19.0. The van der Waals surface area contributed by atoms with Crippen LogP contribution < -0.4 is 20.1 Å². The molecule has 2 N–H and O–H groups in total. The molecule has 31 heavy (non-hydrogen) atoms. The van der Waals surface area contributed by atoms with Crippen LogP contribution in [0.3, 0.4) is 0 Å². The minimum absolute atomic E-state index is 0. The van der Waals surface area contributed by atoms with E-state index in [1.807, 2.05) is 39.2 Å². The number of rotatable bonds is 9. The molecule has 0 atom stereocenters. The maximum atomic E-state index is 12.8. The Morgan fingerprint density at radius 2 is 1.97 bits per heavy atom. The lowest BCUT2D eigenvalue weighted by Crippen LogP contribution is -2.49. The lowest BCUT2D eigenvalue weighted by atomic mass is 9.84. The van der Waals surface area contributed by atoms with Crippen LogP contribution in [0.25, 0.3) is 0 Å². The number of methoxy groups -OCH3 is 1. The van der Waals surface area contributed by atoms with Gasteiger partial charge < -0.3 is 25.0 Å². The fourth-order valence-electron chi connectivity index (χ4n) is 3.81. The number of aliphatic imine (C=N–C) groups is 1. The summed E-state index contributed by atoms with van der Waals surface area (Å²) in [6.07, 6.45) is 9.28. The van der Waals surface area contributed by atoms with Crippen molar-refractivity contribution in [2.45, 2.75) is 39.2 Å². The van der Waals surface area contributed by atoms with Crippen LogP contribution in [0.2, 0.25) is 0 Å². The van der Waals surface area contributed by atoms with E-state index in [-0.39, 0.29) is 41.9 Å². The Hall–Kier alpha value is -2.15. The molecule has 1 fully saturated rings. The van der Waals surface area contributed by atoms with Crippen LogP contribution in [-0.2, 0) is 11.3 Å². The molecule has 1 aliphatic rings. The standard InChI is InChI=1S/C23H34N4O3.HI/c1-6-14-30-20-15-18(10-11-19(20)29-5)16-25-22(24-7-2)26-17-23(12-8-9-13-23)21(28)27(3)4;/h1,10-11,15H,7-9,12-14,16-17H2,2-5H3,(H2,24,25,26);1H. The molecular weight excluding hydrogens is 507 g/mol. The lowest BCUT2D eigenvalue weighted by molar-refractivity contribution is -0.138. The fraction of sp³-hybridized carbons (Fsp3) is 0.565. The first-order valence-corrected chi connectivity index (χ1v) is 10.4. The number of hydrogen-bond acceptors (Lipinski definition) is 4. The number of amides is 1. The molecule has 0 heterocycles. The summed E-state index contributed by atoms with van der Waals surface area (Å²) in [6.45, 7) is 3.97. The highest BCUT2D eigenvalue weighted by molar-refractivity contribution is 14.0. The number of hydrogen-bond donors (Lipinski definition) is 2. The molecule has 0 aliphatic heterocycles. The third-order valence-electron chi connectivity index (χ3n) is 5.32. The lowest BCUT2D eigenvalue weighted by Gasteiger charge is -2.31. The van der Waals surface area contributed by atoms with E-state index in [0.29, 0.717) is 30.5 Å². The second-order valence-electron chi connectivity index (χ2n) is 7.71. The molecule has 1 aromatic rings. The molecule has 8 heteroatoms. The van der Waals surface area contributed by atoms with E-state index >= 15 is 0 Å². The first-order valence-electron chi connectivity index (χ1n) is 10.4. The topological polar surface area (TPSA) is 75.2 Å². The van der Waals surface area contributed by atoms with Crippen LogP contribution in [0.4, 0.5) is 0 Å². The molecule has 7 nitrogen and oxygen atoms in total. The van der Waals surface area contributed by atoms with Crippen molar-refractivity contribution < 1.29 is 14.3 Å². The number of halogens is 1. The van der Waals surface area contributed by atoms with Crippen LogP contribution in [0, 0.1) is 17.8 Å². The van der Waals surface area contributed by atoms with Gasteiger partial charge >= 0.3 is 0 Å². The van der Waals surface area contributed by atoms with Crippen molar-refractivity contribution >= 4 is 35.8 Å². The zero-order chi connectivity index (χ0) is 22.0. The third-order valence-corrected chi connectivity index (χ3v) is 5.32. The van der Waals surface area contributed by atoms with E-state index in [0.717, 1.165) is 37.8 Å². The van der Waals surface area contributed by atoms with Gasteiger partial charge in [-0.05, 0) is 37.5 Å². The molecule has 0 spiro atoms. The van der Waals surface area contributed by atoms with Crippen molar-refractivity contribution in [1.29, 1.82) is 0 Å². The summed E-state index contributed by atoms with van der Waals surface area (Å²) in [6, 6.07) is 5.68. The average Bonchev–Trinajstić information content (AvgIpc) is 3.23. The van der Waals surface area contributed by atoms with Gasteiger partial charge in [0, 0.05) is 27.2 Å². The number of ether oxygens (including phenoxy) is 2. The molecule has 0 aromatic heterocycles. The maximum absolute atomic E-state index is 12.8. The SMILES string of the molecule is C#CCOc1cc(CN=C(NCC)NCC2(C(=O)N(C)C)CCCC2)ccc1OC.I. The Kier molecular flexibility index (Phi) is 11.5. The van der Waals surface area contributed by atoms with Crippen molar-refractivity contribution in [1.82, 2.24) is 15.5 Å². The largest absolute Gasteiger partial charge is 0.493 e. The van der Waals surface area contributed by atoms with Gasteiger partial charge in [-0.2, -0.15) is 0 Å².